The van der Waals surface area contributed by atoms with E-state index < -0.39 is 0 Å². The van der Waals surface area contributed by atoms with Gasteiger partial charge in [-0.1, -0.05) is 28.1 Å². The molecule has 1 aromatic heterocycles. The Morgan fingerprint density at radius 1 is 1.21 bits per heavy atom. The van der Waals surface area contributed by atoms with Crippen LogP contribution in [0.4, 0.5) is 0 Å². The van der Waals surface area contributed by atoms with Crippen LogP contribution < -0.4 is 10.6 Å². The van der Waals surface area contributed by atoms with Crippen LogP contribution in [0.15, 0.2) is 39.8 Å². The molecule has 0 unspecified atom stereocenters. The lowest BCUT2D eigenvalue weighted by atomic mass is 10.2. The van der Waals surface area contributed by atoms with Crippen molar-refractivity contribution in [3.63, 3.8) is 0 Å². The molecule has 0 aliphatic rings. The Morgan fingerprint density at radius 2 is 1.92 bits per heavy atom. The van der Waals surface area contributed by atoms with Gasteiger partial charge in [-0.3, -0.25) is 9.67 Å². The Hall–Kier alpha value is -1.09. The van der Waals surface area contributed by atoms with E-state index in [0.29, 0.717) is 0 Å². The summed E-state index contributed by atoms with van der Waals surface area (Å²) in [5.74, 6) is 0.821. The van der Waals surface area contributed by atoms with Crippen molar-refractivity contribution in [2.75, 3.05) is 13.6 Å². The predicted octanol–water partition coefficient (Wildman–Crippen LogP) is 3.64. The molecule has 0 radical (unpaired) electrons. The molecule has 1 heterocycles. The third kappa shape index (κ3) is 6.80. The van der Waals surface area contributed by atoms with Gasteiger partial charge in [0, 0.05) is 36.8 Å². The summed E-state index contributed by atoms with van der Waals surface area (Å²) >= 11 is 3.44. The number of guanidine groups is 1. The van der Waals surface area contributed by atoms with Gasteiger partial charge in [-0.25, -0.2) is 0 Å². The van der Waals surface area contributed by atoms with Gasteiger partial charge in [-0.05, 0) is 44.0 Å². The van der Waals surface area contributed by atoms with Gasteiger partial charge in [0.2, 0.25) is 0 Å². The van der Waals surface area contributed by atoms with E-state index in [1.54, 1.807) is 7.05 Å². The van der Waals surface area contributed by atoms with Crippen LogP contribution in [0.1, 0.15) is 23.4 Å². The van der Waals surface area contributed by atoms with Crippen LogP contribution >= 0.6 is 39.9 Å². The molecular formula is C17H25BrIN5. The summed E-state index contributed by atoms with van der Waals surface area (Å²) in [6.07, 6.45) is 1.00. The maximum atomic E-state index is 4.47. The first-order valence-corrected chi connectivity index (χ1v) is 8.58. The maximum absolute atomic E-state index is 4.47. The number of aromatic nitrogens is 2. The quantitative estimate of drug-likeness (QED) is 0.273. The van der Waals surface area contributed by atoms with Gasteiger partial charge in [-0.15, -0.1) is 24.0 Å². The Labute approximate surface area is 169 Å². The minimum atomic E-state index is 0. The molecule has 0 atom stereocenters. The highest BCUT2D eigenvalue weighted by Gasteiger charge is 2.01. The lowest BCUT2D eigenvalue weighted by Gasteiger charge is -2.12. The molecule has 0 aliphatic carbocycles. The van der Waals surface area contributed by atoms with E-state index in [1.165, 1.54) is 11.3 Å². The number of rotatable bonds is 6. The monoisotopic (exact) mass is 505 g/mol. The van der Waals surface area contributed by atoms with E-state index in [9.17, 15) is 0 Å². The van der Waals surface area contributed by atoms with E-state index in [1.807, 2.05) is 19.1 Å². The van der Waals surface area contributed by atoms with Crippen LogP contribution in [-0.4, -0.2) is 29.3 Å². The summed E-state index contributed by atoms with van der Waals surface area (Å²) in [6, 6.07) is 10.4. The smallest absolute Gasteiger partial charge is 0.191 e. The zero-order valence-electron chi connectivity index (χ0n) is 14.3. The van der Waals surface area contributed by atoms with Gasteiger partial charge in [-0.2, -0.15) is 5.10 Å². The van der Waals surface area contributed by atoms with Crippen molar-refractivity contribution in [1.82, 2.24) is 20.4 Å². The summed E-state index contributed by atoms with van der Waals surface area (Å²) in [6.45, 7) is 6.64. The third-order valence-electron chi connectivity index (χ3n) is 3.54. The molecule has 0 amide bonds. The molecular weight excluding hydrogens is 481 g/mol. The SMILES string of the molecule is CN=C(NCCCn1nc(C)cc1C)NCc1ccc(Br)cc1.I. The fourth-order valence-corrected chi connectivity index (χ4v) is 2.61. The molecule has 0 aliphatic heterocycles. The molecule has 0 spiro atoms. The summed E-state index contributed by atoms with van der Waals surface area (Å²) in [7, 11) is 1.79. The largest absolute Gasteiger partial charge is 0.356 e. The van der Waals surface area contributed by atoms with Gasteiger partial charge >= 0.3 is 0 Å². The van der Waals surface area contributed by atoms with Crippen LogP contribution in [0.25, 0.3) is 0 Å². The molecule has 0 bridgehead atoms. The predicted molar refractivity (Wildman–Crippen MR) is 114 cm³/mol. The summed E-state index contributed by atoms with van der Waals surface area (Å²) in [5, 5.41) is 11.1. The zero-order chi connectivity index (χ0) is 16.7. The summed E-state index contributed by atoms with van der Waals surface area (Å²) in [5.41, 5.74) is 3.50. The maximum Gasteiger partial charge on any atom is 0.191 e. The number of halogens is 2. The first-order valence-electron chi connectivity index (χ1n) is 7.78. The topological polar surface area (TPSA) is 54.2 Å². The van der Waals surface area contributed by atoms with Crippen molar-refractivity contribution in [2.24, 2.45) is 4.99 Å². The second kappa shape index (κ2) is 10.7. The molecule has 1 aromatic carbocycles. The van der Waals surface area contributed by atoms with Crippen molar-refractivity contribution in [1.29, 1.82) is 0 Å². The highest BCUT2D eigenvalue weighted by atomic mass is 127. The molecule has 2 aromatic rings. The summed E-state index contributed by atoms with van der Waals surface area (Å²) < 4.78 is 3.14. The van der Waals surface area contributed by atoms with Crippen molar-refractivity contribution in [2.45, 2.75) is 33.4 Å². The van der Waals surface area contributed by atoms with Crippen molar-refractivity contribution >= 4 is 45.9 Å². The van der Waals surface area contributed by atoms with Gasteiger partial charge in [0.05, 0.1) is 5.69 Å². The third-order valence-corrected chi connectivity index (χ3v) is 4.07. The molecule has 2 N–H and O–H groups in total. The van der Waals surface area contributed by atoms with Crippen molar-refractivity contribution in [3.05, 3.63) is 51.8 Å². The van der Waals surface area contributed by atoms with E-state index >= 15 is 0 Å². The second-order valence-electron chi connectivity index (χ2n) is 5.48. The number of nitrogens with one attached hydrogen (secondary N) is 2. The van der Waals surface area contributed by atoms with Crippen LogP contribution in [0.3, 0.4) is 0 Å². The molecule has 0 saturated carbocycles. The number of aliphatic imine (C=N–C) groups is 1. The number of nitrogens with zero attached hydrogens (tertiary/aromatic N) is 3. The average Bonchev–Trinajstić information content (AvgIpc) is 2.86. The number of hydrogen-bond donors (Lipinski definition) is 2. The Kier molecular flexibility index (Phi) is 9.35. The molecule has 24 heavy (non-hydrogen) atoms. The standard InChI is InChI=1S/C17H24BrN5.HI/c1-13-11-14(2)23(22-13)10-4-9-20-17(19-3)21-12-15-5-7-16(18)8-6-15;/h5-8,11H,4,9-10,12H2,1-3H3,(H2,19,20,21);1H. The number of hydrogen-bond acceptors (Lipinski definition) is 2. The summed E-state index contributed by atoms with van der Waals surface area (Å²) in [4.78, 5) is 4.25. The van der Waals surface area contributed by atoms with Crippen LogP contribution in [-0.2, 0) is 13.1 Å². The highest BCUT2D eigenvalue weighted by molar-refractivity contribution is 14.0. The van der Waals surface area contributed by atoms with Crippen LogP contribution in [0.5, 0.6) is 0 Å². The van der Waals surface area contributed by atoms with Crippen molar-refractivity contribution in [3.8, 4) is 0 Å². The van der Waals surface area contributed by atoms with E-state index in [2.05, 4.69) is 66.5 Å². The molecule has 132 valence electrons. The Bertz CT molecular complexity index is 652. The molecule has 7 heteroatoms. The molecule has 5 nitrogen and oxygen atoms in total. The normalized spacial score (nSPS) is 11.1. The Balaban J connectivity index is 0.00000288. The van der Waals surface area contributed by atoms with Gasteiger partial charge in [0.15, 0.2) is 5.96 Å². The lowest BCUT2D eigenvalue weighted by Crippen LogP contribution is -2.37. The minimum absolute atomic E-state index is 0. The lowest BCUT2D eigenvalue weighted by molar-refractivity contribution is 0.555. The Morgan fingerprint density at radius 3 is 2.50 bits per heavy atom. The van der Waals surface area contributed by atoms with Gasteiger partial charge in [0.25, 0.3) is 0 Å². The van der Waals surface area contributed by atoms with Crippen molar-refractivity contribution < 1.29 is 0 Å². The molecule has 2 rings (SSSR count). The van der Waals surface area contributed by atoms with E-state index in [-0.39, 0.29) is 24.0 Å². The highest BCUT2D eigenvalue weighted by Crippen LogP contribution is 2.10. The van der Waals surface area contributed by atoms with Crippen LogP contribution in [0, 0.1) is 13.8 Å². The minimum Gasteiger partial charge on any atom is -0.356 e. The first kappa shape index (κ1) is 21.0. The fourth-order valence-electron chi connectivity index (χ4n) is 2.35. The van der Waals surface area contributed by atoms with Crippen LogP contribution in [0.2, 0.25) is 0 Å². The molecule has 0 saturated heterocycles. The molecule has 0 fully saturated rings. The number of aryl methyl sites for hydroxylation is 3. The second-order valence-corrected chi connectivity index (χ2v) is 6.40. The zero-order valence-corrected chi connectivity index (χ0v) is 18.3. The van der Waals surface area contributed by atoms with Gasteiger partial charge < -0.3 is 10.6 Å². The van der Waals surface area contributed by atoms with Gasteiger partial charge in [0.1, 0.15) is 0 Å². The van der Waals surface area contributed by atoms with E-state index in [0.717, 1.165) is 42.2 Å². The fraction of sp³-hybridized carbons (Fsp3) is 0.412. The van der Waals surface area contributed by atoms with E-state index in [4.69, 9.17) is 0 Å². The first-order chi connectivity index (χ1) is 11.1. The number of benzene rings is 1. The average molecular weight is 506 g/mol.